The Morgan fingerprint density at radius 2 is 2.07 bits per heavy atom. The molecule has 0 bridgehead atoms. The van der Waals surface area contributed by atoms with E-state index in [9.17, 15) is 4.79 Å². The average Bonchev–Trinajstić information content (AvgIpc) is 2.08. The number of carbonyl (C=O) groups is 1. The van der Waals surface area contributed by atoms with Gasteiger partial charge in [0.2, 0.25) is 0 Å². The number of hydrogen-bond donors (Lipinski definition) is 0. The SMILES string of the molecule is CC(C)=CC(=O)c1cccc(Br)c1Cl. The van der Waals surface area contributed by atoms with Gasteiger partial charge in [0, 0.05) is 10.0 Å². The van der Waals surface area contributed by atoms with E-state index in [0.717, 1.165) is 10.0 Å². The summed E-state index contributed by atoms with van der Waals surface area (Å²) in [4.78, 5) is 11.6. The molecule has 0 aromatic heterocycles. The second-order valence-corrected chi connectivity index (χ2v) is 4.42. The number of hydrogen-bond acceptors (Lipinski definition) is 1. The molecule has 0 fully saturated rings. The Labute approximate surface area is 96.9 Å². The van der Waals surface area contributed by atoms with E-state index in [4.69, 9.17) is 11.6 Å². The minimum Gasteiger partial charge on any atom is -0.289 e. The van der Waals surface area contributed by atoms with Crippen molar-refractivity contribution in [1.82, 2.24) is 0 Å². The molecule has 0 unspecified atom stereocenters. The van der Waals surface area contributed by atoms with Crippen LogP contribution in [-0.4, -0.2) is 5.78 Å². The van der Waals surface area contributed by atoms with Crippen LogP contribution in [-0.2, 0) is 0 Å². The summed E-state index contributed by atoms with van der Waals surface area (Å²) in [5, 5.41) is 0.468. The van der Waals surface area contributed by atoms with E-state index in [-0.39, 0.29) is 5.78 Å². The lowest BCUT2D eigenvalue weighted by atomic mass is 10.1. The molecule has 0 aliphatic carbocycles. The molecule has 0 saturated heterocycles. The first-order chi connectivity index (χ1) is 6.52. The molecule has 14 heavy (non-hydrogen) atoms. The zero-order chi connectivity index (χ0) is 10.7. The van der Waals surface area contributed by atoms with Gasteiger partial charge in [-0.15, -0.1) is 0 Å². The summed E-state index contributed by atoms with van der Waals surface area (Å²) in [5.41, 5.74) is 1.49. The smallest absolute Gasteiger partial charge is 0.187 e. The second kappa shape index (κ2) is 4.76. The first-order valence-corrected chi connectivity index (χ1v) is 5.32. The zero-order valence-corrected chi connectivity index (χ0v) is 10.3. The summed E-state index contributed by atoms with van der Waals surface area (Å²) >= 11 is 9.25. The molecule has 0 aliphatic heterocycles. The lowest BCUT2D eigenvalue weighted by Gasteiger charge is -2.01. The number of rotatable bonds is 2. The van der Waals surface area contributed by atoms with Gasteiger partial charge in [-0.05, 0) is 48.0 Å². The molecule has 3 heteroatoms. The first-order valence-electron chi connectivity index (χ1n) is 4.15. The number of halogens is 2. The second-order valence-electron chi connectivity index (χ2n) is 3.19. The fourth-order valence-electron chi connectivity index (χ4n) is 1.03. The highest BCUT2D eigenvalue weighted by molar-refractivity contribution is 9.10. The highest BCUT2D eigenvalue weighted by atomic mass is 79.9. The normalized spacial score (nSPS) is 9.71. The molecule has 0 heterocycles. The highest BCUT2D eigenvalue weighted by Crippen LogP contribution is 2.26. The monoisotopic (exact) mass is 272 g/mol. The van der Waals surface area contributed by atoms with Gasteiger partial charge in [0.1, 0.15) is 0 Å². The van der Waals surface area contributed by atoms with Crippen LogP contribution >= 0.6 is 27.5 Å². The fraction of sp³-hybridized carbons (Fsp3) is 0.182. The Bertz CT molecular complexity index is 392. The molecule has 0 saturated carbocycles. The molecule has 0 radical (unpaired) electrons. The van der Waals surface area contributed by atoms with Gasteiger partial charge in [0.25, 0.3) is 0 Å². The summed E-state index contributed by atoms with van der Waals surface area (Å²) in [6, 6.07) is 5.32. The highest BCUT2D eigenvalue weighted by Gasteiger charge is 2.09. The van der Waals surface area contributed by atoms with Crippen molar-refractivity contribution < 1.29 is 4.79 Å². The van der Waals surface area contributed by atoms with Crippen molar-refractivity contribution in [2.75, 3.05) is 0 Å². The number of allylic oxidation sites excluding steroid dienone is 2. The third-order valence-corrected chi connectivity index (χ3v) is 2.93. The maximum Gasteiger partial charge on any atom is 0.187 e. The van der Waals surface area contributed by atoms with Crippen LogP contribution in [0.25, 0.3) is 0 Å². The molecule has 0 atom stereocenters. The molecule has 0 spiro atoms. The topological polar surface area (TPSA) is 17.1 Å². The minimum absolute atomic E-state index is 0.0590. The molecular weight excluding hydrogens is 263 g/mol. The minimum atomic E-state index is -0.0590. The van der Waals surface area contributed by atoms with E-state index in [0.29, 0.717) is 10.6 Å². The summed E-state index contributed by atoms with van der Waals surface area (Å²) < 4.78 is 0.743. The Hall–Kier alpha value is -0.600. The Morgan fingerprint density at radius 3 is 2.64 bits per heavy atom. The molecule has 74 valence electrons. The molecule has 1 rings (SSSR count). The van der Waals surface area contributed by atoms with Crippen LogP contribution in [0, 0.1) is 0 Å². The van der Waals surface area contributed by atoms with Crippen molar-refractivity contribution in [3.8, 4) is 0 Å². The molecule has 0 aliphatic rings. The van der Waals surface area contributed by atoms with Crippen molar-refractivity contribution in [2.24, 2.45) is 0 Å². The van der Waals surface area contributed by atoms with Gasteiger partial charge in [-0.25, -0.2) is 0 Å². The van der Waals surface area contributed by atoms with Crippen molar-refractivity contribution in [3.05, 3.63) is 44.9 Å². The third-order valence-electron chi connectivity index (χ3n) is 1.64. The van der Waals surface area contributed by atoms with Gasteiger partial charge in [0.15, 0.2) is 5.78 Å². The van der Waals surface area contributed by atoms with Crippen LogP contribution in [0.5, 0.6) is 0 Å². The van der Waals surface area contributed by atoms with Crippen LogP contribution in [0.15, 0.2) is 34.3 Å². The largest absolute Gasteiger partial charge is 0.289 e. The predicted molar refractivity (Wildman–Crippen MR) is 62.9 cm³/mol. The van der Waals surface area contributed by atoms with Crippen LogP contribution in [0.3, 0.4) is 0 Å². The molecule has 1 nitrogen and oxygen atoms in total. The fourth-order valence-corrected chi connectivity index (χ4v) is 1.62. The van der Waals surface area contributed by atoms with Crippen LogP contribution in [0.1, 0.15) is 24.2 Å². The zero-order valence-electron chi connectivity index (χ0n) is 7.97. The molecule has 1 aromatic rings. The Kier molecular flexibility index (Phi) is 3.90. The number of carbonyl (C=O) groups excluding carboxylic acids is 1. The van der Waals surface area contributed by atoms with Gasteiger partial charge < -0.3 is 0 Å². The number of benzene rings is 1. The van der Waals surface area contributed by atoms with Crippen LogP contribution in [0.2, 0.25) is 5.02 Å². The summed E-state index contributed by atoms with van der Waals surface area (Å²) in [6.45, 7) is 3.76. The Morgan fingerprint density at radius 1 is 1.43 bits per heavy atom. The molecular formula is C11H10BrClO. The van der Waals surface area contributed by atoms with Crippen molar-refractivity contribution in [3.63, 3.8) is 0 Å². The lowest BCUT2D eigenvalue weighted by Crippen LogP contribution is -1.96. The van der Waals surface area contributed by atoms with Crippen LogP contribution in [0.4, 0.5) is 0 Å². The van der Waals surface area contributed by atoms with E-state index in [1.807, 2.05) is 19.9 Å². The third kappa shape index (κ3) is 2.69. The van der Waals surface area contributed by atoms with E-state index in [2.05, 4.69) is 15.9 Å². The molecule has 0 amide bonds. The number of ketones is 1. The van der Waals surface area contributed by atoms with E-state index in [1.54, 1.807) is 18.2 Å². The Balaban J connectivity index is 3.14. The van der Waals surface area contributed by atoms with Crippen molar-refractivity contribution >= 4 is 33.3 Å². The lowest BCUT2D eigenvalue weighted by molar-refractivity contribution is 0.104. The average molecular weight is 274 g/mol. The maximum absolute atomic E-state index is 11.6. The summed E-state index contributed by atoms with van der Waals surface area (Å²) in [6.07, 6.45) is 1.58. The molecule has 1 aromatic carbocycles. The first kappa shape index (κ1) is 11.5. The van der Waals surface area contributed by atoms with Crippen LogP contribution < -0.4 is 0 Å². The van der Waals surface area contributed by atoms with E-state index >= 15 is 0 Å². The van der Waals surface area contributed by atoms with Gasteiger partial charge in [0.05, 0.1) is 5.02 Å². The van der Waals surface area contributed by atoms with E-state index < -0.39 is 0 Å². The summed E-state index contributed by atoms with van der Waals surface area (Å²) in [5.74, 6) is -0.0590. The van der Waals surface area contributed by atoms with Gasteiger partial charge in [-0.2, -0.15) is 0 Å². The summed E-state index contributed by atoms with van der Waals surface area (Å²) in [7, 11) is 0. The van der Waals surface area contributed by atoms with Crippen molar-refractivity contribution in [2.45, 2.75) is 13.8 Å². The van der Waals surface area contributed by atoms with Gasteiger partial charge in [-0.3, -0.25) is 4.79 Å². The predicted octanol–water partition coefficient (Wildman–Crippen LogP) is 4.25. The quantitative estimate of drug-likeness (QED) is 0.581. The van der Waals surface area contributed by atoms with Gasteiger partial charge >= 0.3 is 0 Å². The van der Waals surface area contributed by atoms with Gasteiger partial charge in [-0.1, -0.05) is 23.2 Å². The molecule has 0 N–H and O–H groups in total. The standard InChI is InChI=1S/C11H10BrClO/c1-7(2)6-10(14)8-4-3-5-9(12)11(8)13/h3-6H,1-2H3. The maximum atomic E-state index is 11.6. The van der Waals surface area contributed by atoms with E-state index in [1.165, 1.54) is 0 Å². The van der Waals surface area contributed by atoms with Crippen molar-refractivity contribution in [1.29, 1.82) is 0 Å².